The number of aliphatic carboxylic acids is 1. The summed E-state index contributed by atoms with van der Waals surface area (Å²) in [5.41, 5.74) is -0.456. The van der Waals surface area contributed by atoms with E-state index in [0.29, 0.717) is 4.31 Å². The number of carbonyl (C=O) groups is 1. The van der Waals surface area contributed by atoms with Gasteiger partial charge < -0.3 is 10.2 Å². The Labute approximate surface area is 119 Å². The minimum Gasteiger partial charge on any atom is -0.480 e. The van der Waals surface area contributed by atoms with E-state index in [0.717, 1.165) is 18.2 Å². The summed E-state index contributed by atoms with van der Waals surface area (Å²) in [4.78, 5) is 10.7. The van der Waals surface area contributed by atoms with Gasteiger partial charge >= 0.3 is 5.97 Å². The van der Waals surface area contributed by atoms with E-state index < -0.39 is 39.5 Å². The van der Waals surface area contributed by atoms with Gasteiger partial charge in [-0.1, -0.05) is 0 Å². The van der Waals surface area contributed by atoms with Gasteiger partial charge in [0.15, 0.2) is 0 Å². The number of aliphatic hydroxyl groups is 1. The summed E-state index contributed by atoms with van der Waals surface area (Å²) in [5, 5.41) is 27.2. The van der Waals surface area contributed by atoms with Crippen LogP contribution in [0.4, 0.5) is 4.39 Å². The molecular formula is C12H11FN2O5S. The third-order valence-corrected chi connectivity index (χ3v) is 5.05. The number of benzene rings is 1. The fourth-order valence-corrected chi connectivity index (χ4v) is 3.82. The molecule has 1 aromatic rings. The Morgan fingerprint density at radius 1 is 1.48 bits per heavy atom. The first kappa shape index (κ1) is 15.4. The summed E-state index contributed by atoms with van der Waals surface area (Å²) in [6.45, 7) is -0.363. The molecule has 2 atom stereocenters. The highest BCUT2D eigenvalue weighted by molar-refractivity contribution is 7.89. The molecule has 2 unspecified atom stereocenters. The lowest BCUT2D eigenvalue weighted by molar-refractivity contribution is -0.140. The van der Waals surface area contributed by atoms with Gasteiger partial charge in [0.05, 0.1) is 16.6 Å². The van der Waals surface area contributed by atoms with Crippen LogP contribution in [-0.2, 0) is 14.8 Å². The van der Waals surface area contributed by atoms with Crippen molar-refractivity contribution in [2.45, 2.75) is 23.5 Å². The Balaban J connectivity index is 2.47. The van der Waals surface area contributed by atoms with Crippen LogP contribution in [0.5, 0.6) is 0 Å². The van der Waals surface area contributed by atoms with Crippen molar-refractivity contribution < 1.29 is 27.8 Å². The number of hydrogen-bond donors (Lipinski definition) is 2. The summed E-state index contributed by atoms with van der Waals surface area (Å²) < 4.78 is 38.7. The Hall–Kier alpha value is -2.02. The largest absolute Gasteiger partial charge is 0.480 e. The highest BCUT2D eigenvalue weighted by Gasteiger charge is 2.43. The molecule has 1 heterocycles. The van der Waals surface area contributed by atoms with Gasteiger partial charge in [-0.05, 0) is 18.2 Å². The van der Waals surface area contributed by atoms with E-state index in [1.165, 1.54) is 6.07 Å². The molecule has 1 fully saturated rings. The second-order valence-electron chi connectivity index (χ2n) is 4.57. The zero-order valence-corrected chi connectivity index (χ0v) is 11.4. The van der Waals surface area contributed by atoms with Crippen LogP contribution in [0.2, 0.25) is 0 Å². The summed E-state index contributed by atoms with van der Waals surface area (Å²) in [6, 6.07) is 2.75. The fraction of sp³-hybridized carbons (Fsp3) is 0.333. The van der Waals surface area contributed by atoms with E-state index in [-0.39, 0.29) is 17.9 Å². The second kappa shape index (κ2) is 5.40. The van der Waals surface area contributed by atoms with Gasteiger partial charge in [0.1, 0.15) is 17.9 Å². The smallest absolute Gasteiger partial charge is 0.322 e. The van der Waals surface area contributed by atoms with Gasteiger partial charge in [0, 0.05) is 13.0 Å². The quantitative estimate of drug-likeness (QED) is 0.804. The van der Waals surface area contributed by atoms with Crippen molar-refractivity contribution in [1.29, 1.82) is 5.26 Å². The molecule has 1 aliphatic rings. The molecule has 0 radical (unpaired) electrons. The SMILES string of the molecule is N#Cc1cc(S(=O)(=O)N2CC(O)CC2C(=O)O)ccc1F. The number of nitrogens with zero attached hydrogens (tertiary/aromatic N) is 2. The molecule has 0 aliphatic carbocycles. The van der Waals surface area contributed by atoms with Crippen LogP contribution in [-0.4, -0.2) is 47.6 Å². The number of nitriles is 1. The first-order valence-corrected chi connectivity index (χ1v) is 7.33. The molecule has 112 valence electrons. The van der Waals surface area contributed by atoms with Gasteiger partial charge in [-0.3, -0.25) is 4.79 Å². The predicted molar refractivity (Wildman–Crippen MR) is 67.1 cm³/mol. The molecule has 0 aromatic heterocycles. The number of halogens is 1. The highest BCUT2D eigenvalue weighted by Crippen LogP contribution is 2.27. The number of carboxylic acid groups (broad SMARTS) is 1. The summed E-state index contributed by atoms with van der Waals surface area (Å²) in [7, 11) is -4.24. The molecule has 0 saturated carbocycles. The molecule has 1 saturated heterocycles. The van der Waals surface area contributed by atoms with Crippen molar-refractivity contribution in [2.75, 3.05) is 6.54 Å². The molecule has 0 spiro atoms. The fourth-order valence-electron chi connectivity index (χ4n) is 2.16. The second-order valence-corrected chi connectivity index (χ2v) is 6.46. The minimum atomic E-state index is -4.24. The predicted octanol–water partition coefficient (Wildman–Crippen LogP) is -0.0941. The topological polar surface area (TPSA) is 119 Å². The van der Waals surface area contributed by atoms with Crippen LogP contribution in [0.25, 0.3) is 0 Å². The molecule has 9 heteroatoms. The number of hydrogen-bond acceptors (Lipinski definition) is 5. The van der Waals surface area contributed by atoms with Gasteiger partial charge in [-0.25, -0.2) is 12.8 Å². The molecule has 0 bridgehead atoms. The number of carboxylic acids is 1. The number of rotatable bonds is 3. The maximum atomic E-state index is 13.2. The van der Waals surface area contributed by atoms with Crippen LogP contribution in [0.15, 0.2) is 23.1 Å². The van der Waals surface area contributed by atoms with Crippen molar-refractivity contribution in [3.05, 3.63) is 29.6 Å². The minimum absolute atomic E-state index is 0.221. The monoisotopic (exact) mass is 314 g/mol. The van der Waals surface area contributed by atoms with Crippen molar-refractivity contribution in [2.24, 2.45) is 0 Å². The molecule has 1 aromatic carbocycles. The number of sulfonamides is 1. The van der Waals surface area contributed by atoms with Crippen LogP contribution < -0.4 is 0 Å². The Morgan fingerprint density at radius 3 is 2.71 bits per heavy atom. The molecule has 21 heavy (non-hydrogen) atoms. The standard InChI is InChI=1S/C12H11FN2O5S/c13-10-2-1-9(3-7(10)5-14)21(19,20)15-6-8(16)4-11(15)12(17)18/h1-3,8,11,16H,4,6H2,(H,17,18). The van der Waals surface area contributed by atoms with Gasteiger partial charge in [-0.15, -0.1) is 0 Å². The van der Waals surface area contributed by atoms with Crippen molar-refractivity contribution >= 4 is 16.0 Å². The zero-order chi connectivity index (χ0) is 15.8. The summed E-state index contributed by atoms with van der Waals surface area (Å²) in [6.07, 6.45) is -1.31. The van der Waals surface area contributed by atoms with Crippen molar-refractivity contribution in [1.82, 2.24) is 4.31 Å². The van der Waals surface area contributed by atoms with Crippen LogP contribution in [0, 0.1) is 17.1 Å². The van der Waals surface area contributed by atoms with E-state index in [1.54, 1.807) is 0 Å². The maximum absolute atomic E-state index is 13.2. The number of β-amino-alcohol motifs (C(OH)–C–C–N with tert-alkyl or cyclic N) is 1. The summed E-state index contributed by atoms with van der Waals surface area (Å²) >= 11 is 0. The van der Waals surface area contributed by atoms with E-state index in [2.05, 4.69) is 0 Å². The van der Waals surface area contributed by atoms with E-state index in [1.807, 2.05) is 0 Å². The molecule has 7 nitrogen and oxygen atoms in total. The van der Waals surface area contributed by atoms with E-state index in [4.69, 9.17) is 10.4 Å². The van der Waals surface area contributed by atoms with Gasteiger partial charge in [0.25, 0.3) is 0 Å². The highest BCUT2D eigenvalue weighted by atomic mass is 32.2. The van der Waals surface area contributed by atoms with Crippen LogP contribution >= 0.6 is 0 Å². The average Bonchev–Trinajstić information content (AvgIpc) is 2.82. The van der Waals surface area contributed by atoms with E-state index >= 15 is 0 Å². The van der Waals surface area contributed by atoms with Crippen molar-refractivity contribution in [3.8, 4) is 6.07 Å². The van der Waals surface area contributed by atoms with Crippen LogP contribution in [0.3, 0.4) is 0 Å². The zero-order valence-electron chi connectivity index (χ0n) is 10.6. The van der Waals surface area contributed by atoms with Crippen LogP contribution in [0.1, 0.15) is 12.0 Å². The Bertz CT molecular complexity index is 728. The molecular weight excluding hydrogens is 303 g/mol. The third-order valence-electron chi connectivity index (χ3n) is 3.18. The first-order valence-electron chi connectivity index (χ1n) is 5.89. The lowest BCUT2D eigenvalue weighted by atomic mass is 10.2. The lowest BCUT2D eigenvalue weighted by Crippen LogP contribution is -2.40. The normalized spacial score (nSPS) is 22.9. The Kier molecular flexibility index (Phi) is 3.95. The number of aliphatic hydroxyl groups excluding tert-OH is 1. The molecule has 2 rings (SSSR count). The Morgan fingerprint density at radius 2 is 2.14 bits per heavy atom. The average molecular weight is 314 g/mol. The molecule has 0 amide bonds. The summed E-state index contributed by atoms with van der Waals surface area (Å²) in [5.74, 6) is -2.24. The van der Waals surface area contributed by atoms with E-state index in [9.17, 15) is 22.7 Å². The van der Waals surface area contributed by atoms with Crippen molar-refractivity contribution in [3.63, 3.8) is 0 Å². The maximum Gasteiger partial charge on any atom is 0.322 e. The van der Waals surface area contributed by atoms with Gasteiger partial charge in [-0.2, -0.15) is 9.57 Å². The molecule has 2 N–H and O–H groups in total. The first-order chi connectivity index (χ1) is 9.77. The lowest BCUT2D eigenvalue weighted by Gasteiger charge is -2.20. The molecule has 1 aliphatic heterocycles. The third kappa shape index (κ3) is 2.73. The van der Waals surface area contributed by atoms with Gasteiger partial charge in [0.2, 0.25) is 10.0 Å².